The Bertz CT molecular complexity index is 305. The van der Waals surface area contributed by atoms with Gasteiger partial charge in [0.25, 0.3) is 0 Å². The minimum absolute atomic E-state index is 0.606. The largest absolute Gasteiger partial charge is 0.379 e. The lowest BCUT2D eigenvalue weighted by Crippen LogP contribution is -2.12. The van der Waals surface area contributed by atoms with Crippen LogP contribution in [0.1, 0.15) is 39.1 Å². The summed E-state index contributed by atoms with van der Waals surface area (Å²) in [5.74, 6) is 0.606. The third-order valence-corrected chi connectivity index (χ3v) is 2.54. The summed E-state index contributed by atoms with van der Waals surface area (Å²) in [5, 5.41) is 4.55. The number of hydrogen-bond donors (Lipinski definition) is 0. The van der Waals surface area contributed by atoms with Crippen molar-refractivity contribution in [3.8, 4) is 0 Å². The summed E-state index contributed by atoms with van der Waals surface area (Å²) in [4.78, 5) is 0. The van der Waals surface area contributed by atoms with Crippen LogP contribution in [0.15, 0.2) is 6.07 Å². The average molecular weight is 224 g/mol. The lowest BCUT2D eigenvalue weighted by Gasteiger charge is -2.08. The van der Waals surface area contributed by atoms with Crippen LogP contribution in [0.25, 0.3) is 0 Å². The van der Waals surface area contributed by atoms with Crippen molar-refractivity contribution in [1.29, 1.82) is 0 Å². The molecule has 1 aromatic heterocycles. The molecule has 0 saturated heterocycles. The Hall–Kier alpha value is -0.830. The lowest BCUT2D eigenvalue weighted by molar-refractivity contribution is 0.100. The molecule has 0 atom stereocenters. The van der Waals surface area contributed by atoms with Crippen molar-refractivity contribution in [3.05, 3.63) is 17.5 Å². The fourth-order valence-electron chi connectivity index (χ4n) is 1.64. The van der Waals surface area contributed by atoms with Crippen LogP contribution in [0.5, 0.6) is 0 Å². The van der Waals surface area contributed by atoms with Crippen molar-refractivity contribution in [2.45, 2.75) is 47.1 Å². The van der Waals surface area contributed by atoms with Crippen molar-refractivity contribution < 1.29 is 4.74 Å². The van der Waals surface area contributed by atoms with Gasteiger partial charge >= 0.3 is 0 Å². The Morgan fingerprint density at radius 3 is 2.62 bits per heavy atom. The van der Waals surface area contributed by atoms with Crippen LogP contribution in [0, 0.1) is 5.92 Å². The van der Waals surface area contributed by atoms with Crippen molar-refractivity contribution in [2.75, 3.05) is 13.2 Å². The number of aromatic nitrogens is 2. The SMILES string of the molecule is CCc1cc(CC)n(CCOCC(C)C)n1. The summed E-state index contributed by atoms with van der Waals surface area (Å²) in [6, 6.07) is 2.20. The van der Waals surface area contributed by atoms with Crippen LogP contribution in [0.2, 0.25) is 0 Å². The third-order valence-electron chi connectivity index (χ3n) is 2.54. The summed E-state index contributed by atoms with van der Waals surface area (Å²) in [5.41, 5.74) is 2.49. The van der Waals surface area contributed by atoms with Crippen LogP contribution in [-0.2, 0) is 24.1 Å². The van der Waals surface area contributed by atoms with Crippen molar-refractivity contribution >= 4 is 0 Å². The van der Waals surface area contributed by atoms with Gasteiger partial charge in [0, 0.05) is 12.3 Å². The highest BCUT2D eigenvalue weighted by atomic mass is 16.5. The van der Waals surface area contributed by atoms with Gasteiger partial charge in [0.05, 0.1) is 18.8 Å². The highest BCUT2D eigenvalue weighted by molar-refractivity contribution is 5.10. The molecule has 0 amide bonds. The molecule has 0 fully saturated rings. The molecular formula is C13H24N2O. The maximum absolute atomic E-state index is 5.58. The number of hydrogen-bond acceptors (Lipinski definition) is 2. The normalized spacial score (nSPS) is 11.3. The molecule has 1 rings (SSSR count). The van der Waals surface area contributed by atoms with Gasteiger partial charge in [-0.15, -0.1) is 0 Å². The van der Waals surface area contributed by atoms with Gasteiger partial charge in [-0.3, -0.25) is 4.68 Å². The average Bonchev–Trinajstić information content (AvgIpc) is 2.66. The zero-order valence-corrected chi connectivity index (χ0v) is 11.0. The van der Waals surface area contributed by atoms with Gasteiger partial charge in [-0.1, -0.05) is 27.7 Å². The van der Waals surface area contributed by atoms with E-state index in [4.69, 9.17) is 4.74 Å². The van der Waals surface area contributed by atoms with E-state index in [9.17, 15) is 0 Å². The quantitative estimate of drug-likeness (QED) is 0.666. The molecule has 0 bridgehead atoms. The molecule has 1 heterocycles. The van der Waals surface area contributed by atoms with Crippen LogP contribution < -0.4 is 0 Å². The zero-order valence-electron chi connectivity index (χ0n) is 11.0. The molecule has 3 nitrogen and oxygen atoms in total. The summed E-state index contributed by atoms with van der Waals surface area (Å²) in [6.07, 6.45) is 2.05. The molecule has 0 aliphatic heterocycles. The number of ether oxygens (including phenoxy) is 1. The van der Waals surface area contributed by atoms with E-state index in [-0.39, 0.29) is 0 Å². The van der Waals surface area contributed by atoms with E-state index in [1.165, 1.54) is 11.4 Å². The number of aryl methyl sites for hydroxylation is 2. The molecule has 0 radical (unpaired) electrons. The molecule has 16 heavy (non-hydrogen) atoms. The molecule has 1 aromatic rings. The number of rotatable bonds is 7. The number of nitrogens with zero attached hydrogens (tertiary/aromatic N) is 2. The van der Waals surface area contributed by atoms with E-state index in [0.717, 1.165) is 32.6 Å². The second kappa shape index (κ2) is 6.69. The Morgan fingerprint density at radius 2 is 2.06 bits per heavy atom. The van der Waals surface area contributed by atoms with Gasteiger partial charge in [0.1, 0.15) is 0 Å². The van der Waals surface area contributed by atoms with Gasteiger partial charge in [0.2, 0.25) is 0 Å². The molecule has 0 spiro atoms. The molecule has 0 aliphatic carbocycles. The van der Waals surface area contributed by atoms with Crippen molar-refractivity contribution in [2.24, 2.45) is 5.92 Å². The summed E-state index contributed by atoms with van der Waals surface area (Å²) < 4.78 is 7.66. The fraction of sp³-hybridized carbons (Fsp3) is 0.769. The molecule has 92 valence electrons. The van der Waals surface area contributed by atoms with Gasteiger partial charge in [-0.05, 0) is 24.8 Å². The molecule has 0 N–H and O–H groups in total. The zero-order chi connectivity index (χ0) is 12.0. The van der Waals surface area contributed by atoms with E-state index < -0.39 is 0 Å². The molecule has 0 saturated carbocycles. The maximum atomic E-state index is 5.58. The van der Waals surface area contributed by atoms with E-state index in [1.54, 1.807) is 0 Å². The van der Waals surface area contributed by atoms with E-state index >= 15 is 0 Å². The Morgan fingerprint density at radius 1 is 1.31 bits per heavy atom. The summed E-state index contributed by atoms with van der Waals surface area (Å²) in [7, 11) is 0. The lowest BCUT2D eigenvalue weighted by atomic mass is 10.2. The smallest absolute Gasteiger partial charge is 0.0662 e. The van der Waals surface area contributed by atoms with Crippen molar-refractivity contribution in [1.82, 2.24) is 9.78 Å². The van der Waals surface area contributed by atoms with Gasteiger partial charge in [-0.2, -0.15) is 5.10 Å². The molecule has 0 aliphatic rings. The first-order valence-electron chi connectivity index (χ1n) is 6.30. The monoisotopic (exact) mass is 224 g/mol. The Kier molecular flexibility index (Phi) is 5.53. The van der Waals surface area contributed by atoms with Crippen LogP contribution in [0.4, 0.5) is 0 Å². The minimum atomic E-state index is 0.606. The van der Waals surface area contributed by atoms with E-state index in [1.807, 2.05) is 0 Å². The molecule has 3 heteroatoms. The first-order valence-corrected chi connectivity index (χ1v) is 6.30. The summed E-state index contributed by atoms with van der Waals surface area (Å²) in [6.45, 7) is 11.1. The molecular weight excluding hydrogens is 200 g/mol. The van der Waals surface area contributed by atoms with E-state index in [0.29, 0.717) is 5.92 Å². The Balaban J connectivity index is 2.43. The van der Waals surface area contributed by atoms with E-state index in [2.05, 4.69) is 43.5 Å². The minimum Gasteiger partial charge on any atom is -0.379 e. The topological polar surface area (TPSA) is 27.1 Å². The van der Waals surface area contributed by atoms with Gasteiger partial charge < -0.3 is 4.74 Å². The third kappa shape index (κ3) is 3.97. The maximum Gasteiger partial charge on any atom is 0.0662 e. The first kappa shape index (κ1) is 13.2. The standard InChI is InChI=1S/C13H24N2O/c1-5-12-9-13(6-2)15(14-12)7-8-16-10-11(3)4/h9,11H,5-8,10H2,1-4H3. The predicted molar refractivity (Wildman–Crippen MR) is 66.6 cm³/mol. The predicted octanol–water partition coefficient (Wildman–Crippen LogP) is 2.68. The van der Waals surface area contributed by atoms with Gasteiger partial charge in [0.15, 0.2) is 0 Å². The van der Waals surface area contributed by atoms with Crippen LogP contribution in [0.3, 0.4) is 0 Å². The Labute approximate surface area is 98.8 Å². The second-order valence-electron chi connectivity index (χ2n) is 4.53. The second-order valence-corrected chi connectivity index (χ2v) is 4.53. The van der Waals surface area contributed by atoms with Crippen molar-refractivity contribution in [3.63, 3.8) is 0 Å². The molecule has 0 aromatic carbocycles. The summed E-state index contributed by atoms with van der Waals surface area (Å²) >= 11 is 0. The first-order chi connectivity index (χ1) is 7.67. The van der Waals surface area contributed by atoms with Gasteiger partial charge in [-0.25, -0.2) is 0 Å². The molecule has 0 unspecified atom stereocenters. The highest BCUT2D eigenvalue weighted by Crippen LogP contribution is 2.06. The van der Waals surface area contributed by atoms with Crippen LogP contribution >= 0.6 is 0 Å². The highest BCUT2D eigenvalue weighted by Gasteiger charge is 2.04. The van der Waals surface area contributed by atoms with Crippen LogP contribution in [-0.4, -0.2) is 23.0 Å². The fourth-order valence-corrected chi connectivity index (χ4v) is 1.64.